The topological polar surface area (TPSA) is 61.9 Å². The largest absolute Gasteiger partial charge is 0.484 e. The monoisotopic (exact) mass is 387 g/mol. The van der Waals surface area contributed by atoms with Gasteiger partial charge in [-0.1, -0.05) is 11.6 Å². The zero-order valence-corrected chi connectivity index (χ0v) is 15.5. The number of ether oxygens (including phenoxy) is 1. The molecule has 1 aromatic rings. The fourth-order valence-electron chi connectivity index (χ4n) is 3.21. The van der Waals surface area contributed by atoms with Crippen LogP contribution in [0.3, 0.4) is 0 Å². The highest BCUT2D eigenvalue weighted by atomic mass is 35.5. The predicted molar refractivity (Wildman–Crippen MR) is 98.4 cm³/mol. The van der Waals surface area contributed by atoms with Crippen molar-refractivity contribution in [2.45, 2.75) is 18.9 Å². The number of hydrogen-bond acceptors (Lipinski definition) is 4. The second kappa shape index (κ2) is 9.27. The SMILES string of the molecule is Cl.O=C(COc1ccc(Cl)cc1)N1CCCC(N2CCNCC2=O)C1. The summed E-state index contributed by atoms with van der Waals surface area (Å²) < 4.78 is 5.54. The maximum atomic E-state index is 12.4. The normalized spacial score (nSPS) is 20.8. The molecule has 8 heteroatoms. The number of halogens is 2. The number of piperidine rings is 1. The van der Waals surface area contributed by atoms with E-state index in [1.807, 2.05) is 4.90 Å². The van der Waals surface area contributed by atoms with Gasteiger partial charge in [0.15, 0.2) is 6.61 Å². The molecule has 0 aromatic heterocycles. The van der Waals surface area contributed by atoms with Crippen molar-refractivity contribution in [2.75, 3.05) is 39.3 Å². The van der Waals surface area contributed by atoms with Crippen molar-refractivity contribution < 1.29 is 14.3 Å². The molecule has 0 bridgehead atoms. The van der Waals surface area contributed by atoms with Gasteiger partial charge in [0.25, 0.3) is 5.91 Å². The second-order valence-electron chi connectivity index (χ2n) is 6.14. The Hall–Kier alpha value is -1.50. The van der Waals surface area contributed by atoms with Gasteiger partial charge in [-0.15, -0.1) is 12.4 Å². The quantitative estimate of drug-likeness (QED) is 0.851. The van der Waals surface area contributed by atoms with E-state index in [1.165, 1.54) is 0 Å². The van der Waals surface area contributed by atoms with E-state index in [1.54, 1.807) is 29.2 Å². The third kappa shape index (κ3) is 5.23. The molecule has 6 nitrogen and oxygen atoms in total. The van der Waals surface area contributed by atoms with Crippen molar-refractivity contribution in [3.8, 4) is 5.75 Å². The van der Waals surface area contributed by atoms with Crippen LogP contribution >= 0.6 is 24.0 Å². The molecule has 1 N–H and O–H groups in total. The summed E-state index contributed by atoms with van der Waals surface area (Å²) in [6.45, 7) is 3.24. The molecule has 0 aliphatic carbocycles. The zero-order chi connectivity index (χ0) is 16.9. The molecule has 2 amide bonds. The predicted octanol–water partition coefficient (Wildman–Crippen LogP) is 1.56. The highest BCUT2D eigenvalue weighted by Gasteiger charge is 2.31. The molecule has 2 aliphatic rings. The number of nitrogens with zero attached hydrogens (tertiary/aromatic N) is 2. The van der Waals surface area contributed by atoms with Gasteiger partial charge in [0.2, 0.25) is 5.91 Å². The molecule has 2 fully saturated rings. The average molecular weight is 388 g/mol. The summed E-state index contributed by atoms with van der Waals surface area (Å²) in [4.78, 5) is 28.2. The minimum atomic E-state index is -0.0442. The van der Waals surface area contributed by atoms with Gasteiger partial charge in [-0.2, -0.15) is 0 Å². The molecule has 0 saturated carbocycles. The van der Waals surface area contributed by atoms with Crippen LogP contribution in [0.25, 0.3) is 0 Å². The number of rotatable bonds is 4. The summed E-state index contributed by atoms with van der Waals surface area (Å²) in [5.41, 5.74) is 0. The lowest BCUT2D eigenvalue weighted by Crippen LogP contribution is -2.57. The molecule has 25 heavy (non-hydrogen) atoms. The molecule has 2 saturated heterocycles. The van der Waals surface area contributed by atoms with Crippen molar-refractivity contribution in [3.05, 3.63) is 29.3 Å². The van der Waals surface area contributed by atoms with Gasteiger partial charge in [0.05, 0.1) is 6.54 Å². The van der Waals surface area contributed by atoms with Crippen molar-refractivity contribution in [1.29, 1.82) is 0 Å². The first-order valence-electron chi connectivity index (χ1n) is 8.30. The third-order valence-corrected chi connectivity index (χ3v) is 4.74. The molecule has 2 aliphatic heterocycles. The second-order valence-corrected chi connectivity index (χ2v) is 6.58. The maximum absolute atomic E-state index is 12.4. The average Bonchev–Trinajstić information content (AvgIpc) is 2.61. The molecular weight excluding hydrogens is 365 g/mol. The first-order chi connectivity index (χ1) is 11.6. The number of nitrogens with one attached hydrogen (secondary N) is 1. The Kier molecular flexibility index (Phi) is 7.35. The Morgan fingerprint density at radius 2 is 2.04 bits per heavy atom. The maximum Gasteiger partial charge on any atom is 0.260 e. The van der Waals surface area contributed by atoms with Crippen molar-refractivity contribution in [1.82, 2.24) is 15.1 Å². The standard InChI is InChI=1S/C17H22ClN3O3.ClH/c18-13-3-5-15(6-4-13)24-12-17(23)20-8-1-2-14(11-20)21-9-7-19-10-16(21)22;/h3-6,14,19H,1-2,7-12H2;1H. The summed E-state index contributed by atoms with van der Waals surface area (Å²) >= 11 is 5.83. The van der Waals surface area contributed by atoms with Crippen LogP contribution in [0.15, 0.2) is 24.3 Å². The van der Waals surface area contributed by atoms with E-state index in [2.05, 4.69) is 5.32 Å². The number of likely N-dealkylation sites (tertiary alicyclic amines) is 1. The van der Waals surface area contributed by atoms with Gasteiger partial charge in [0, 0.05) is 37.2 Å². The fourth-order valence-corrected chi connectivity index (χ4v) is 3.34. The van der Waals surface area contributed by atoms with E-state index in [0.717, 1.165) is 25.9 Å². The van der Waals surface area contributed by atoms with E-state index in [-0.39, 0.29) is 36.9 Å². The Balaban J connectivity index is 0.00000225. The number of hydrogen-bond donors (Lipinski definition) is 1. The zero-order valence-electron chi connectivity index (χ0n) is 13.9. The highest BCUT2D eigenvalue weighted by Crippen LogP contribution is 2.18. The molecule has 2 heterocycles. The van der Waals surface area contributed by atoms with E-state index >= 15 is 0 Å². The summed E-state index contributed by atoms with van der Waals surface area (Å²) in [5.74, 6) is 0.703. The number of amides is 2. The lowest BCUT2D eigenvalue weighted by Gasteiger charge is -2.41. The minimum Gasteiger partial charge on any atom is -0.484 e. The van der Waals surface area contributed by atoms with Gasteiger partial charge in [-0.05, 0) is 37.1 Å². The van der Waals surface area contributed by atoms with Crippen LogP contribution in [0.4, 0.5) is 0 Å². The van der Waals surface area contributed by atoms with Gasteiger partial charge >= 0.3 is 0 Å². The van der Waals surface area contributed by atoms with Gasteiger partial charge < -0.3 is 19.9 Å². The first-order valence-corrected chi connectivity index (χ1v) is 8.67. The van der Waals surface area contributed by atoms with Crippen molar-refractivity contribution in [2.24, 2.45) is 0 Å². The van der Waals surface area contributed by atoms with E-state index < -0.39 is 0 Å². The Morgan fingerprint density at radius 1 is 1.28 bits per heavy atom. The van der Waals surface area contributed by atoms with Crippen LogP contribution in [0.2, 0.25) is 5.02 Å². The molecule has 1 unspecified atom stereocenters. The van der Waals surface area contributed by atoms with Crippen LogP contribution in [0.5, 0.6) is 5.75 Å². The highest BCUT2D eigenvalue weighted by molar-refractivity contribution is 6.30. The molecule has 0 radical (unpaired) electrons. The molecule has 1 aromatic carbocycles. The van der Waals surface area contributed by atoms with Crippen molar-refractivity contribution in [3.63, 3.8) is 0 Å². The summed E-state index contributed by atoms with van der Waals surface area (Å²) in [7, 11) is 0. The summed E-state index contributed by atoms with van der Waals surface area (Å²) in [6, 6.07) is 7.07. The lowest BCUT2D eigenvalue weighted by molar-refractivity contribution is -0.141. The van der Waals surface area contributed by atoms with Gasteiger partial charge in [-0.25, -0.2) is 0 Å². The van der Waals surface area contributed by atoms with E-state index in [9.17, 15) is 9.59 Å². The van der Waals surface area contributed by atoms with Gasteiger partial charge in [-0.3, -0.25) is 9.59 Å². The third-order valence-electron chi connectivity index (χ3n) is 4.49. The van der Waals surface area contributed by atoms with E-state index in [0.29, 0.717) is 30.4 Å². The number of piperazine rings is 1. The minimum absolute atomic E-state index is 0. The molecule has 0 spiro atoms. The molecule has 3 rings (SSSR count). The smallest absolute Gasteiger partial charge is 0.260 e. The van der Waals surface area contributed by atoms with E-state index in [4.69, 9.17) is 16.3 Å². The number of benzene rings is 1. The fraction of sp³-hybridized carbons (Fsp3) is 0.529. The molecular formula is C17H23Cl2N3O3. The molecule has 1 atom stereocenters. The Morgan fingerprint density at radius 3 is 2.76 bits per heavy atom. The number of carbonyl (C=O) groups is 2. The summed E-state index contributed by atoms with van der Waals surface area (Å²) in [6.07, 6.45) is 1.86. The Labute approximate surface area is 158 Å². The van der Waals surface area contributed by atoms with Crippen LogP contribution < -0.4 is 10.1 Å². The Bertz CT molecular complexity index is 597. The first kappa shape index (κ1) is 19.8. The van der Waals surface area contributed by atoms with Crippen LogP contribution in [-0.2, 0) is 9.59 Å². The summed E-state index contributed by atoms with van der Waals surface area (Å²) in [5, 5.41) is 3.71. The van der Waals surface area contributed by atoms with Gasteiger partial charge in [0.1, 0.15) is 5.75 Å². The van der Waals surface area contributed by atoms with Crippen molar-refractivity contribution >= 4 is 35.8 Å². The lowest BCUT2D eigenvalue weighted by atomic mass is 10.0. The number of carbonyl (C=O) groups excluding carboxylic acids is 2. The van der Waals surface area contributed by atoms with Crippen LogP contribution in [0.1, 0.15) is 12.8 Å². The van der Waals surface area contributed by atoms with Crippen LogP contribution in [-0.4, -0.2) is 67.0 Å². The molecule has 138 valence electrons. The van der Waals surface area contributed by atoms with Crippen LogP contribution in [0, 0.1) is 0 Å².